The average molecular weight is 214 g/mol. The molecule has 1 unspecified atom stereocenters. The highest BCUT2D eigenvalue weighted by Crippen LogP contribution is 2.30. The minimum Gasteiger partial charge on any atom is -0.399 e. The molecule has 2 rings (SSSR count). The Bertz CT molecular complexity index is 459. The Balaban J connectivity index is 2.27. The predicted molar refractivity (Wildman–Crippen MR) is 63.5 cm³/mol. The van der Waals surface area contributed by atoms with Crippen LogP contribution in [0, 0.1) is 12.3 Å². The Morgan fingerprint density at radius 2 is 2.38 bits per heavy atom. The smallest absolute Gasteiger partial charge is 0.296 e. The number of aryl methyl sites for hydroxylation is 1. The molecule has 0 aromatic heterocycles. The van der Waals surface area contributed by atoms with E-state index < -0.39 is 0 Å². The lowest BCUT2D eigenvalue weighted by Crippen LogP contribution is -2.29. The van der Waals surface area contributed by atoms with Crippen LogP contribution in [0.4, 0.5) is 5.69 Å². The van der Waals surface area contributed by atoms with Crippen LogP contribution >= 0.6 is 0 Å². The van der Waals surface area contributed by atoms with Crippen molar-refractivity contribution < 1.29 is 4.79 Å². The number of anilines is 1. The van der Waals surface area contributed by atoms with Gasteiger partial charge in [-0.1, -0.05) is 6.07 Å². The number of benzene rings is 1. The molecule has 16 heavy (non-hydrogen) atoms. The molecule has 0 heterocycles. The van der Waals surface area contributed by atoms with E-state index >= 15 is 0 Å². The van der Waals surface area contributed by atoms with Crippen LogP contribution in [0.15, 0.2) is 18.2 Å². The van der Waals surface area contributed by atoms with E-state index in [0.29, 0.717) is 0 Å². The normalized spacial score (nSPS) is 18.3. The van der Waals surface area contributed by atoms with Crippen molar-refractivity contribution in [3.8, 4) is 12.3 Å². The monoisotopic (exact) mass is 214 g/mol. The summed E-state index contributed by atoms with van der Waals surface area (Å²) in [6.45, 7) is 0. The fraction of sp³-hybridized carbons (Fsp3) is 0.308. The third-order valence-electron chi connectivity index (χ3n) is 2.92. The van der Waals surface area contributed by atoms with Gasteiger partial charge < -0.3 is 11.1 Å². The fourth-order valence-electron chi connectivity index (χ4n) is 2.18. The standard InChI is InChI=1S/C13H14N2O/c1-2-13(16)15-12-5-3-4-9-8-10(14)6-7-11(9)12/h1,6-8,12H,3-5,14H2,(H,15,16). The molecule has 0 saturated carbocycles. The van der Waals surface area contributed by atoms with Crippen LogP contribution in [0.1, 0.15) is 30.0 Å². The van der Waals surface area contributed by atoms with Gasteiger partial charge in [-0.15, -0.1) is 6.42 Å². The first-order chi connectivity index (χ1) is 7.70. The Morgan fingerprint density at radius 3 is 3.12 bits per heavy atom. The number of fused-ring (bicyclic) bond motifs is 1. The number of hydrogen-bond acceptors (Lipinski definition) is 2. The first-order valence-electron chi connectivity index (χ1n) is 5.36. The van der Waals surface area contributed by atoms with Crippen LogP contribution in [0.5, 0.6) is 0 Å². The molecule has 0 fully saturated rings. The molecule has 1 amide bonds. The topological polar surface area (TPSA) is 55.1 Å². The number of amides is 1. The molecule has 1 atom stereocenters. The van der Waals surface area contributed by atoms with Gasteiger partial charge in [-0.3, -0.25) is 4.79 Å². The maximum Gasteiger partial charge on any atom is 0.296 e. The van der Waals surface area contributed by atoms with Crippen LogP contribution in [-0.2, 0) is 11.2 Å². The number of terminal acetylenes is 1. The number of nitrogens with two attached hydrogens (primary N) is 1. The van der Waals surface area contributed by atoms with E-state index in [-0.39, 0.29) is 11.9 Å². The number of carbonyl (C=O) groups excluding carboxylic acids is 1. The lowest BCUT2D eigenvalue weighted by Gasteiger charge is -2.25. The van der Waals surface area contributed by atoms with Crippen molar-refractivity contribution in [2.75, 3.05) is 5.73 Å². The van der Waals surface area contributed by atoms with Gasteiger partial charge in [0.15, 0.2) is 0 Å². The number of rotatable bonds is 1. The van der Waals surface area contributed by atoms with Crippen molar-refractivity contribution in [3.05, 3.63) is 29.3 Å². The highest BCUT2D eigenvalue weighted by molar-refractivity contribution is 5.93. The molecular formula is C13H14N2O. The second-order valence-electron chi connectivity index (χ2n) is 4.02. The van der Waals surface area contributed by atoms with E-state index in [1.165, 1.54) is 5.56 Å². The molecule has 82 valence electrons. The summed E-state index contributed by atoms with van der Waals surface area (Å²) in [6, 6.07) is 5.85. The molecule has 3 N–H and O–H groups in total. The summed E-state index contributed by atoms with van der Waals surface area (Å²) in [5.41, 5.74) is 8.86. The third-order valence-corrected chi connectivity index (χ3v) is 2.92. The quantitative estimate of drug-likeness (QED) is 0.548. The molecule has 1 aliphatic rings. The summed E-state index contributed by atoms with van der Waals surface area (Å²) in [7, 11) is 0. The van der Waals surface area contributed by atoms with Gasteiger partial charge in [0.2, 0.25) is 0 Å². The maximum atomic E-state index is 11.2. The highest BCUT2D eigenvalue weighted by atomic mass is 16.1. The van der Waals surface area contributed by atoms with E-state index in [4.69, 9.17) is 12.2 Å². The van der Waals surface area contributed by atoms with Gasteiger partial charge >= 0.3 is 0 Å². The predicted octanol–water partition coefficient (Wildman–Crippen LogP) is 1.40. The number of nitrogens with one attached hydrogen (secondary N) is 1. The van der Waals surface area contributed by atoms with E-state index in [1.54, 1.807) is 0 Å². The number of carbonyl (C=O) groups is 1. The summed E-state index contributed by atoms with van der Waals surface area (Å²) < 4.78 is 0. The molecule has 0 radical (unpaired) electrons. The molecule has 1 aromatic carbocycles. The molecule has 0 bridgehead atoms. The lowest BCUT2D eigenvalue weighted by molar-refractivity contribution is -0.116. The van der Waals surface area contributed by atoms with Crippen molar-refractivity contribution in [3.63, 3.8) is 0 Å². The molecule has 3 nitrogen and oxygen atoms in total. The van der Waals surface area contributed by atoms with Gasteiger partial charge in [-0.05, 0) is 48.4 Å². The van der Waals surface area contributed by atoms with E-state index in [2.05, 4.69) is 11.2 Å². The summed E-state index contributed by atoms with van der Waals surface area (Å²) in [5, 5.41) is 2.83. The summed E-state index contributed by atoms with van der Waals surface area (Å²) in [5.74, 6) is 1.73. The van der Waals surface area contributed by atoms with Gasteiger partial charge in [0.1, 0.15) is 0 Å². The zero-order valence-electron chi connectivity index (χ0n) is 8.99. The minimum atomic E-state index is -0.352. The number of hydrogen-bond donors (Lipinski definition) is 2. The van der Waals surface area contributed by atoms with E-state index in [9.17, 15) is 4.79 Å². The number of nitrogen functional groups attached to an aromatic ring is 1. The van der Waals surface area contributed by atoms with Crippen LogP contribution < -0.4 is 11.1 Å². The molecule has 1 aromatic rings. The van der Waals surface area contributed by atoms with Crippen LogP contribution in [0.2, 0.25) is 0 Å². The van der Waals surface area contributed by atoms with Crippen LogP contribution in [0.3, 0.4) is 0 Å². The van der Waals surface area contributed by atoms with Crippen molar-refractivity contribution >= 4 is 11.6 Å². The highest BCUT2D eigenvalue weighted by Gasteiger charge is 2.21. The molecule has 3 heteroatoms. The van der Waals surface area contributed by atoms with Gasteiger partial charge in [0.05, 0.1) is 6.04 Å². The SMILES string of the molecule is C#CC(=O)NC1CCCc2cc(N)ccc21. The van der Waals surface area contributed by atoms with Crippen molar-refractivity contribution in [2.45, 2.75) is 25.3 Å². The summed E-state index contributed by atoms with van der Waals surface area (Å²) in [6.07, 6.45) is 8.05. The van der Waals surface area contributed by atoms with E-state index in [0.717, 1.165) is 30.5 Å². The zero-order valence-corrected chi connectivity index (χ0v) is 8.99. The van der Waals surface area contributed by atoms with Gasteiger partial charge in [-0.25, -0.2) is 0 Å². The lowest BCUT2D eigenvalue weighted by atomic mass is 9.87. The summed E-state index contributed by atoms with van der Waals surface area (Å²) in [4.78, 5) is 11.2. The van der Waals surface area contributed by atoms with Crippen molar-refractivity contribution in [1.29, 1.82) is 0 Å². The minimum absolute atomic E-state index is 0.0351. The van der Waals surface area contributed by atoms with E-state index in [1.807, 2.05) is 18.2 Å². The molecule has 0 spiro atoms. The molecule has 0 aliphatic heterocycles. The molecule has 0 saturated heterocycles. The van der Waals surface area contributed by atoms with Crippen LogP contribution in [0.25, 0.3) is 0 Å². The molecule has 1 aliphatic carbocycles. The average Bonchev–Trinajstić information content (AvgIpc) is 2.28. The Kier molecular flexibility index (Phi) is 2.82. The molecular weight excluding hydrogens is 200 g/mol. The third kappa shape index (κ3) is 2.01. The Hall–Kier alpha value is -1.95. The van der Waals surface area contributed by atoms with Crippen molar-refractivity contribution in [2.24, 2.45) is 0 Å². The van der Waals surface area contributed by atoms with Crippen LogP contribution in [-0.4, -0.2) is 5.91 Å². The zero-order chi connectivity index (χ0) is 11.5. The Labute approximate surface area is 95.0 Å². The van der Waals surface area contributed by atoms with Gasteiger partial charge in [0, 0.05) is 5.69 Å². The second-order valence-corrected chi connectivity index (χ2v) is 4.02. The van der Waals surface area contributed by atoms with Gasteiger partial charge in [0.25, 0.3) is 5.91 Å². The first kappa shape index (κ1) is 10.6. The largest absolute Gasteiger partial charge is 0.399 e. The first-order valence-corrected chi connectivity index (χ1v) is 5.36. The maximum absolute atomic E-state index is 11.2. The van der Waals surface area contributed by atoms with Gasteiger partial charge in [-0.2, -0.15) is 0 Å². The Morgan fingerprint density at radius 1 is 1.56 bits per heavy atom. The fourth-order valence-corrected chi connectivity index (χ4v) is 2.18. The second kappa shape index (κ2) is 4.28. The summed E-state index contributed by atoms with van der Waals surface area (Å²) >= 11 is 0. The van der Waals surface area contributed by atoms with Crippen molar-refractivity contribution in [1.82, 2.24) is 5.32 Å².